The van der Waals surface area contributed by atoms with Gasteiger partial charge in [0.1, 0.15) is 0 Å². The van der Waals surface area contributed by atoms with Crippen LogP contribution in [0.1, 0.15) is 24.5 Å². The molecule has 0 nitrogen and oxygen atoms in total. The first-order valence-corrected chi connectivity index (χ1v) is 5.04. The number of halogens is 1. The van der Waals surface area contributed by atoms with Crippen molar-refractivity contribution in [3.8, 4) is 11.8 Å². The van der Waals surface area contributed by atoms with Gasteiger partial charge >= 0.3 is 0 Å². The Balaban J connectivity index is 2.65. The van der Waals surface area contributed by atoms with Crippen molar-refractivity contribution in [1.29, 1.82) is 0 Å². The van der Waals surface area contributed by atoms with Crippen molar-refractivity contribution >= 4 is 11.6 Å². The first-order chi connectivity index (χ1) is 6.36. The molecule has 0 radical (unpaired) electrons. The molecular formula is C12H13Cl. The fraction of sp³-hybridized carbons (Fsp3) is 0.333. The summed E-state index contributed by atoms with van der Waals surface area (Å²) < 4.78 is 0. The highest BCUT2D eigenvalue weighted by molar-refractivity contribution is 6.18. The molecule has 68 valence electrons. The molecule has 0 spiro atoms. The summed E-state index contributed by atoms with van der Waals surface area (Å²) >= 11 is 5.51. The number of alkyl halides is 1. The molecule has 0 amide bonds. The van der Waals surface area contributed by atoms with Crippen LogP contribution in [0, 0.1) is 11.8 Å². The van der Waals surface area contributed by atoms with Crippen LogP contribution in [0.25, 0.3) is 0 Å². The summed E-state index contributed by atoms with van der Waals surface area (Å²) in [7, 11) is 0. The van der Waals surface area contributed by atoms with Gasteiger partial charge in [0, 0.05) is 17.9 Å². The zero-order valence-electron chi connectivity index (χ0n) is 7.81. The first-order valence-electron chi connectivity index (χ1n) is 4.50. The van der Waals surface area contributed by atoms with E-state index in [2.05, 4.69) is 43.0 Å². The second kappa shape index (κ2) is 5.67. The van der Waals surface area contributed by atoms with Crippen LogP contribution in [0.3, 0.4) is 0 Å². The average Bonchev–Trinajstić information content (AvgIpc) is 2.19. The van der Waals surface area contributed by atoms with Gasteiger partial charge in [-0.05, 0) is 24.1 Å². The van der Waals surface area contributed by atoms with Crippen molar-refractivity contribution < 1.29 is 0 Å². The predicted molar refractivity (Wildman–Crippen MR) is 58.0 cm³/mol. The topological polar surface area (TPSA) is 0 Å². The van der Waals surface area contributed by atoms with Crippen molar-refractivity contribution in [3.05, 3.63) is 35.4 Å². The molecular weight excluding hydrogens is 180 g/mol. The van der Waals surface area contributed by atoms with Gasteiger partial charge in [0.2, 0.25) is 0 Å². The Morgan fingerprint density at radius 2 is 1.92 bits per heavy atom. The molecule has 1 rings (SSSR count). The second-order valence-corrected chi connectivity index (χ2v) is 3.17. The zero-order valence-corrected chi connectivity index (χ0v) is 8.56. The van der Waals surface area contributed by atoms with Crippen molar-refractivity contribution in [2.24, 2.45) is 0 Å². The maximum Gasteiger partial charge on any atom is 0.0333 e. The van der Waals surface area contributed by atoms with E-state index in [0.717, 1.165) is 18.4 Å². The van der Waals surface area contributed by atoms with Gasteiger partial charge in [0.15, 0.2) is 0 Å². The maximum atomic E-state index is 5.51. The quantitative estimate of drug-likeness (QED) is 0.499. The van der Waals surface area contributed by atoms with Crippen LogP contribution in [0.5, 0.6) is 0 Å². The van der Waals surface area contributed by atoms with Crippen molar-refractivity contribution in [1.82, 2.24) is 0 Å². The van der Waals surface area contributed by atoms with E-state index in [-0.39, 0.29) is 0 Å². The number of aryl methyl sites for hydroxylation is 1. The predicted octanol–water partition coefficient (Wildman–Crippen LogP) is 3.23. The van der Waals surface area contributed by atoms with E-state index < -0.39 is 0 Å². The minimum atomic E-state index is 0.611. The Morgan fingerprint density at radius 3 is 2.46 bits per heavy atom. The molecule has 1 aromatic carbocycles. The SMILES string of the molecule is CCc1ccc(C#CCCCl)cc1. The minimum absolute atomic E-state index is 0.611. The molecule has 0 saturated carbocycles. The molecule has 0 heterocycles. The maximum absolute atomic E-state index is 5.51. The summed E-state index contributed by atoms with van der Waals surface area (Å²) in [5.74, 6) is 6.68. The summed E-state index contributed by atoms with van der Waals surface area (Å²) in [5, 5.41) is 0. The monoisotopic (exact) mass is 192 g/mol. The van der Waals surface area contributed by atoms with Crippen LogP contribution in [0.2, 0.25) is 0 Å². The van der Waals surface area contributed by atoms with Crippen molar-refractivity contribution in [3.63, 3.8) is 0 Å². The van der Waals surface area contributed by atoms with Gasteiger partial charge in [0.05, 0.1) is 0 Å². The standard InChI is InChI=1S/C12H13Cl/c1-2-11-6-8-12(9-7-11)5-3-4-10-13/h6-9H,2,4,10H2,1H3. The van der Waals surface area contributed by atoms with Gasteiger partial charge in [-0.2, -0.15) is 0 Å². The summed E-state index contributed by atoms with van der Waals surface area (Å²) in [5.41, 5.74) is 2.42. The molecule has 1 heteroatoms. The summed E-state index contributed by atoms with van der Waals surface area (Å²) in [6.45, 7) is 2.15. The lowest BCUT2D eigenvalue weighted by atomic mass is 10.1. The average molecular weight is 193 g/mol. The summed E-state index contributed by atoms with van der Waals surface area (Å²) in [6, 6.07) is 8.34. The fourth-order valence-electron chi connectivity index (χ4n) is 1.04. The molecule has 0 aliphatic rings. The van der Waals surface area contributed by atoms with Crippen LogP contribution in [0.15, 0.2) is 24.3 Å². The largest absolute Gasteiger partial charge is 0.126 e. The molecule has 0 unspecified atom stereocenters. The lowest BCUT2D eigenvalue weighted by Crippen LogP contribution is -1.80. The fourth-order valence-corrected chi connectivity index (χ4v) is 1.13. The number of benzene rings is 1. The normalized spacial score (nSPS) is 9.08. The number of hydrogen-bond donors (Lipinski definition) is 0. The van der Waals surface area contributed by atoms with Gasteiger partial charge in [-0.25, -0.2) is 0 Å². The van der Waals surface area contributed by atoms with Crippen LogP contribution >= 0.6 is 11.6 Å². The van der Waals surface area contributed by atoms with Gasteiger partial charge in [-0.1, -0.05) is 30.9 Å². The minimum Gasteiger partial charge on any atom is -0.126 e. The Hall–Kier alpha value is -0.930. The third kappa shape index (κ3) is 3.53. The van der Waals surface area contributed by atoms with E-state index in [1.54, 1.807) is 0 Å². The van der Waals surface area contributed by atoms with Crippen LogP contribution < -0.4 is 0 Å². The Kier molecular flexibility index (Phi) is 4.43. The molecule has 0 aromatic heterocycles. The lowest BCUT2D eigenvalue weighted by molar-refractivity contribution is 1.14. The van der Waals surface area contributed by atoms with E-state index in [0.29, 0.717) is 5.88 Å². The van der Waals surface area contributed by atoms with E-state index >= 15 is 0 Å². The zero-order chi connectivity index (χ0) is 9.52. The highest BCUT2D eigenvalue weighted by atomic mass is 35.5. The number of rotatable bonds is 2. The molecule has 13 heavy (non-hydrogen) atoms. The molecule has 1 aromatic rings. The molecule has 0 saturated heterocycles. The lowest BCUT2D eigenvalue weighted by Gasteiger charge is -1.94. The summed E-state index contributed by atoms with van der Waals surface area (Å²) in [4.78, 5) is 0. The molecule has 0 atom stereocenters. The smallest absolute Gasteiger partial charge is 0.0333 e. The van der Waals surface area contributed by atoms with Crippen LogP contribution in [0.4, 0.5) is 0 Å². The molecule has 0 aliphatic carbocycles. The summed E-state index contributed by atoms with van der Waals surface area (Å²) in [6.07, 6.45) is 1.84. The molecule has 0 bridgehead atoms. The number of hydrogen-bond acceptors (Lipinski definition) is 0. The molecule has 0 N–H and O–H groups in total. The van der Waals surface area contributed by atoms with Gasteiger partial charge < -0.3 is 0 Å². The van der Waals surface area contributed by atoms with Crippen LogP contribution in [-0.2, 0) is 6.42 Å². The highest BCUT2D eigenvalue weighted by Gasteiger charge is 1.88. The van der Waals surface area contributed by atoms with E-state index in [9.17, 15) is 0 Å². The Labute approximate surface area is 84.9 Å². The molecule has 0 fully saturated rings. The Morgan fingerprint density at radius 1 is 1.23 bits per heavy atom. The van der Waals surface area contributed by atoms with Gasteiger partial charge in [-0.15, -0.1) is 11.6 Å². The molecule has 0 aliphatic heterocycles. The highest BCUT2D eigenvalue weighted by Crippen LogP contribution is 2.03. The third-order valence-electron chi connectivity index (χ3n) is 1.81. The van der Waals surface area contributed by atoms with E-state index in [1.165, 1.54) is 5.56 Å². The first kappa shape index (κ1) is 10.2. The second-order valence-electron chi connectivity index (χ2n) is 2.79. The Bertz CT molecular complexity index is 300. The van der Waals surface area contributed by atoms with Gasteiger partial charge in [-0.3, -0.25) is 0 Å². The van der Waals surface area contributed by atoms with Crippen molar-refractivity contribution in [2.75, 3.05) is 5.88 Å². The van der Waals surface area contributed by atoms with Crippen molar-refractivity contribution in [2.45, 2.75) is 19.8 Å². The van der Waals surface area contributed by atoms with E-state index in [4.69, 9.17) is 11.6 Å². The van der Waals surface area contributed by atoms with Crippen LogP contribution in [-0.4, -0.2) is 5.88 Å². The third-order valence-corrected chi connectivity index (χ3v) is 2.00. The van der Waals surface area contributed by atoms with Gasteiger partial charge in [0.25, 0.3) is 0 Å². The van der Waals surface area contributed by atoms with E-state index in [1.807, 2.05) is 0 Å².